The molecule has 0 N–H and O–H groups in total. The predicted octanol–water partition coefficient (Wildman–Crippen LogP) is -2.71. The molecule has 9 heavy (non-hydrogen) atoms. The minimum atomic E-state index is 0. The van der Waals surface area contributed by atoms with Crippen molar-refractivity contribution in [1.29, 1.82) is 0 Å². The molecule has 0 aromatic heterocycles. The third-order valence-electron chi connectivity index (χ3n) is 0.918. The molecule has 0 aromatic carbocycles. The van der Waals surface area contributed by atoms with Crippen LogP contribution in [0.4, 0.5) is 0 Å². The van der Waals surface area contributed by atoms with E-state index in [-0.39, 0.29) is 24.0 Å². The summed E-state index contributed by atoms with van der Waals surface area (Å²) >= 11 is 0. The molecule has 0 radical (unpaired) electrons. The molecular formula is C6H14INO. The summed E-state index contributed by atoms with van der Waals surface area (Å²) < 4.78 is 0.874. The Bertz CT molecular complexity index is 77.6. The van der Waals surface area contributed by atoms with Crippen LogP contribution in [-0.2, 0) is 4.79 Å². The number of nitrogens with zero attached hydrogens (tertiary/aromatic N) is 1. The zero-order valence-electron chi connectivity index (χ0n) is 6.22. The fraction of sp³-hybridized carbons (Fsp3) is 0.833. The maximum Gasteiger partial charge on any atom is 0.125 e. The Balaban J connectivity index is 0. The highest BCUT2D eigenvalue weighted by Crippen LogP contribution is 1.89. The zero-order chi connectivity index (χ0) is 6.62. The van der Waals surface area contributed by atoms with E-state index in [4.69, 9.17) is 0 Å². The van der Waals surface area contributed by atoms with Crippen LogP contribution < -0.4 is 24.0 Å². The Morgan fingerprint density at radius 1 is 1.33 bits per heavy atom. The topological polar surface area (TPSA) is 17.1 Å². The van der Waals surface area contributed by atoms with Crippen molar-refractivity contribution in [2.45, 2.75) is 6.42 Å². The lowest BCUT2D eigenvalue weighted by molar-refractivity contribution is -0.869. The molecule has 0 aliphatic carbocycles. The zero-order valence-corrected chi connectivity index (χ0v) is 8.38. The molecule has 0 heterocycles. The monoisotopic (exact) mass is 243 g/mol. The van der Waals surface area contributed by atoms with Crippen LogP contribution in [0.3, 0.4) is 0 Å². The quantitative estimate of drug-likeness (QED) is 0.299. The van der Waals surface area contributed by atoms with E-state index in [0.29, 0.717) is 6.42 Å². The summed E-state index contributed by atoms with van der Waals surface area (Å²) in [4.78, 5) is 9.84. The van der Waals surface area contributed by atoms with E-state index in [2.05, 4.69) is 21.1 Å². The van der Waals surface area contributed by atoms with Gasteiger partial charge in [0.1, 0.15) is 6.29 Å². The highest BCUT2D eigenvalue weighted by atomic mass is 127. The van der Waals surface area contributed by atoms with E-state index >= 15 is 0 Å². The van der Waals surface area contributed by atoms with Crippen LogP contribution in [0.5, 0.6) is 0 Å². The summed E-state index contributed by atoms with van der Waals surface area (Å²) in [5, 5.41) is 0. The van der Waals surface area contributed by atoms with Gasteiger partial charge < -0.3 is 33.3 Å². The molecule has 0 rings (SSSR count). The summed E-state index contributed by atoms with van der Waals surface area (Å²) in [5.74, 6) is 0. The minimum Gasteiger partial charge on any atom is -1.00 e. The van der Waals surface area contributed by atoms with Crippen molar-refractivity contribution in [1.82, 2.24) is 0 Å². The van der Waals surface area contributed by atoms with Gasteiger partial charge in [-0.25, -0.2) is 0 Å². The molecule has 0 fully saturated rings. The number of hydrogen-bond acceptors (Lipinski definition) is 1. The molecule has 0 amide bonds. The van der Waals surface area contributed by atoms with Gasteiger partial charge in [0.05, 0.1) is 34.1 Å². The second-order valence-corrected chi connectivity index (χ2v) is 2.97. The number of hydrogen-bond donors (Lipinski definition) is 0. The van der Waals surface area contributed by atoms with Crippen LogP contribution in [0.25, 0.3) is 0 Å². The number of quaternary nitrogens is 1. The van der Waals surface area contributed by atoms with E-state index in [9.17, 15) is 4.79 Å². The van der Waals surface area contributed by atoms with Gasteiger partial charge in [0.2, 0.25) is 0 Å². The second-order valence-electron chi connectivity index (χ2n) is 2.97. The van der Waals surface area contributed by atoms with Crippen molar-refractivity contribution >= 4 is 6.29 Å². The minimum absolute atomic E-state index is 0. The molecule has 0 aliphatic heterocycles. The Kier molecular flexibility index (Phi) is 6.94. The molecule has 0 spiro atoms. The molecule has 3 heteroatoms. The molecular weight excluding hydrogens is 229 g/mol. The summed E-state index contributed by atoms with van der Waals surface area (Å²) in [5.41, 5.74) is 0. The average molecular weight is 243 g/mol. The van der Waals surface area contributed by atoms with Gasteiger partial charge >= 0.3 is 0 Å². The van der Waals surface area contributed by atoms with Crippen LogP contribution in [-0.4, -0.2) is 38.5 Å². The first-order valence-electron chi connectivity index (χ1n) is 2.80. The summed E-state index contributed by atoms with van der Waals surface area (Å²) in [6, 6.07) is 0. The first-order chi connectivity index (χ1) is 3.56. The van der Waals surface area contributed by atoms with E-state index in [1.165, 1.54) is 0 Å². The molecule has 0 aromatic rings. The van der Waals surface area contributed by atoms with Crippen LogP contribution in [0.1, 0.15) is 6.42 Å². The molecule has 56 valence electrons. The normalized spacial score (nSPS) is 10.1. The lowest BCUT2D eigenvalue weighted by Gasteiger charge is -2.22. The fourth-order valence-electron chi connectivity index (χ4n) is 0.440. The Morgan fingerprint density at radius 3 is 1.89 bits per heavy atom. The van der Waals surface area contributed by atoms with Crippen molar-refractivity contribution in [2.24, 2.45) is 0 Å². The third-order valence-corrected chi connectivity index (χ3v) is 0.918. The molecule has 0 unspecified atom stereocenters. The van der Waals surface area contributed by atoms with Gasteiger partial charge in [0, 0.05) is 0 Å². The molecule has 0 bridgehead atoms. The van der Waals surface area contributed by atoms with Crippen molar-refractivity contribution in [3.05, 3.63) is 0 Å². The highest BCUT2D eigenvalue weighted by molar-refractivity contribution is 5.49. The maximum atomic E-state index is 9.84. The first-order valence-corrected chi connectivity index (χ1v) is 2.80. The van der Waals surface area contributed by atoms with Crippen molar-refractivity contribution in [3.63, 3.8) is 0 Å². The van der Waals surface area contributed by atoms with Crippen molar-refractivity contribution < 1.29 is 33.3 Å². The molecule has 2 nitrogen and oxygen atoms in total. The summed E-state index contributed by atoms with van der Waals surface area (Å²) in [6.45, 7) is 0.934. The number of aldehydes is 1. The van der Waals surface area contributed by atoms with Gasteiger partial charge in [0.15, 0.2) is 0 Å². The predicted molar refractivity (Wildman–Crippen MR) is 33.6 cm³/mol. The summed E-state index contributed by atoms with van der Waals surface area (Å²) in [7, 11) is 6.22. The van der Waals surface area contributed by atoms with Gasteiger partial charge in [-0.15, -0.1) is 0 Å². The third kappa shape index (κ3) is 11.8. The first kappa shape index (κ1) is 12.1. The van der Waals surface area contributed by atoms with Crippen molar-refractivity contribution in [3.8, 4) is 0 Å². The lowest BCUT2D eigenvalue weighted by Crippen LogP contribution is -3.00. The van der Waals surface area contributed by atoms with Gasteiger partial charge in [-0.05, 0) is 0 Å². The van der Waals surface area contributed by atoms with Gasteiger partial charge in [0.25, 0.3) is 0 Å². The molecule has 0 saturated carbocycles. The van der Waals surface area contributed by atoms with Gasteiger partial charge in [-0.2, -0.15) is 0 Å². The van der Waals surface area contributed by atoms with Crippen LogP contribution in [0.15, 0.2) is 0 Å². The summed E-state index contributed by atoms with van der Waals surface area (Å²) in [6.07, 6.45) is 1.63. The largest absolute Gasteiger partial charge is 1.00 e. The van der Waals surface area contributed by atoms with E-state index in [0.717, 1.165) is 17.3 Å². The number of carbonyl (C=O) groups excluding carboxylic acids is 1. The number of carbonyl (C=O) groups is 1. The van der Waals surface area contributed by atoms with Crippen molar-refractivity contribution in [2.75, 3.05) is 27.7 Å². The van der Waals surface area contributed by atoms with Gasteiger partial charge in [-0.1, -0.05) is 0 Å². The van der Waals surface area contributed by atoms with E-state index < -0.39 is 0 Å². The lowest BCUT2D eigenvalue weighted by atomic mass is 10.4. The fourth-order valence-corrected chi connectivity index (χ4v) is 0.440. The van der Waals surface area contributed by atoms with E-state index in [1.54, 1.807) is 0 Å². The number of rotatable bonds is 3. The Morgan fingerprint density at radius 2 is 1.78 bits per heavy atom. The Labute approximate surface area is 73.8 Å². The molecule has 0 aliphatic rings. The van der Waals surface area contributed by atoms with Crippen LogP contribution in [0, 0.1) is 0 Å². The Hall–Kier alpha value is 0.360. The highest BCUT2D eigenvalue weighted by Gasteiger charge is 2.03. The standard InChI is InChI=1S/C6H14NO.HI/c1-7(2,3)5-4-6-8;/h6H,4-5H2,1-3H3;1H/q+1;/p-1. The van der Waals surface area contributed by atoms with Crippen LogP contribution in [0.2, 0.25) is 0 Å². The smallest absolute Gasteiger partial charge is 0.125 e. The average Bonchev–Trinajstić information content (AvgIpc) is 1.59. The molecule has 0 saturated heterocycles. The number of halogens is 1. The second kappa shape index (κ2) is 5.17. The maximum absolute atomic E-state index is 9.84. The van der Waals surface area contributed by atoms with Crippen LogP contribution >= 0.6 is 0 Å². The molecule has 0 atom stereocenters. The van der Waals surface area contributed by atoms with E-state index in [1.807, 2.05) is 0 Å². The SMILES string of the molecule is C[N+](C)(C)CCC=O.[I-]. The van der Waals surface area contributed by atoms with Gasteiger partial charge in [-0.3, -0.25) is 0 Å².